The number of benzene rings is 2. The molecule has 2 rings (SSSR count). The first-order valence-electron chi connectivity index (χ1n) is 8.30. The third kappa shape index (κ3) is 4.75. The topological polar surface area (TPSA) is 83.5 Å². The monoisotopic (exact) mass is 376 g/mol. The van der Waals surface area contributed by atoms with Gasteiger partial charge in [-0.15, -0.1) is 0 Å². The Hall–Kier alpha value is -3.09. The van der Waals surface area contributed by atoms with Crippen LogP contribution in [0.3, 0.4) is 0 Å². The van der Waals surface area contributed by atoms with Crippen LogP contribution in [0, 0.1) is 0 Å². The summed E-state index contributed by atoms with van der Waals surface area (Å²) in [5.74, 6) is 1.49. The fourth-order valence-electron chi connectivity index (χ4n) is 2.74. The summed E-state index contributed by atoms with van der Waals surface area (Å²) in [5, 5.41) is 9.08. The highest BCUT2D eigenvalue weighted by Crippen LogP contribution is 2.38. The number of methoxy groups -OCH3 is 4. The van der Waals surface area contributed by atoms with E-state index in [0.717, 1.165) is 5.56 Å². The number of rotatable bonds is 9. The van der Waals surface area contributed by atoms with Crippen molar-refractivity contribution in [1.82, 2.24) is 0 Å². The van der Waals surface area contributed by atoms with Crippen molar-refractivity contribution in [3.63, 3.8) is 0 Å². The molecule has 0 spiro atoms. The van der Waals surface area contributed by atoms with Crippen molar-refractivity contribution >= 4 is 5.97 Å². The van der Waals surface area contributed by atoms with E-state index in [4.69, 9.17) is 28.8 Å². The molecule has 2 aromatic carbocycles. The molecule has 7 nitrogen and oxygen atoms in total. The third-order valence-electron chi connectivity index (χ3n) is 3.99. The summed E-state index contributed by atoms with van der Waals surface area (Å²) in [7, 11) is 6.16. The molecule has 27 heavy (non-hydrogen) atoms. The maximum absolute atomic E-state index is 11.1. The molecular formula is C20H24O7. The maximum atomic E-state index is 11.1. The molecule has 7 heteroatoms. The number of carboxylic acid groups (broad SMARTS) is 1. The van der Waals surface area contributed by atoms with Crippen molar-refractivity contribution < 1.29 is 33.6 Å². The van der Waals surface area contributed by atoms with E-state index in [2.05, 4.69) is 0 Å². The third-order valence-corrected chi connectivity index (χ3v) is 3.99. The van der Waals surface area contributed by atoms with Crippen LogP contribution in [0.2, 0.25) is 0 Å². The second-order valence-corrected chi connectivity index (χ2v) is 5.84. The van der Waals surface area contributed by atoms with Gasteiger partial charge in [0.1, 0.15) is 6.10 Å². The molecule has 0 saturated carbocycles. The van der Waals surface area contributed by atoms with Gasteiger partial charge in [0.15, 0.2) is 23.0 Å². The zero-order chi connectivity index (χ0) is 20.0. The van der Waals surface area contributed by atoms with E-state index in [1.165, 1.54) is 19.2 Å². The number of hydrogen-bond donors (Lipinski definition) is 1. The fourth-order valence-corrected chi connectivity index (χ4v) is 2.74. The lowest BCUT2D eigenvalue weighted by molar-refractivity contribution is 0.0696. The molecule has 0 saturated heterocycles. The largest absolute Gasteiger partial charge is 0.493 e. The highest BCUT2D eigenvalue weighted by molar-refractivity contribution is 5.88. The van der Waals surface area contributed by atoms with Crippen LogP contribution in [0.4, 0.5) is 0 Å². The molecule has 0 aliphatic heterocycles. The van der Waals surface area contributed by atoms with E-state index < -0.39 is 5.97 Å². The van der Waals surface area contributed by atoms with Crippen LogP contribution in [0.25, 0.3) is 0 Å². The molecule has 0 fully saturated rings. The summed E-state index contributed by atoms with van der Waals surface area (Å²) in [4.78, 5) is 11.1. The molecule has 0 amide bonds. The zero-order valence-electron chi connectivity index (χ0n) is 16.1. The van der Waals surface area contributed by atoms with E-state index in [1.807, 2.05) is 19.1 Å². The smallest absolute Gasteiger partial charge is 0.335 e. The fraction of sp³-hybridized carbons (Fsp3) is 0.350. The molecule has 1 atom stereocenters. The van der Waals surface area contributed by atoms with Gasteiger partial charge >= 0.3 is 5.97 Å². The summed E-state index contributed by atoms with van der Waals surface area (Å²) in [6.45, 7) is 1.91. The molecule has 1 unspecified atom stereocenters. The highest BCUT2D eigenvalue weighted by Gasteiger charge is 2.17. The quantitative estimate of drug-likeness (QED) is 0.718. The Labute approximate surface area is 158 Å². The van der Waals surface area contributed by atoms with Crippen LogP contribution in [0.5, 0.6) is 28.7 Å². The van der Waals surface area contributed by atoms with E-state index in [-0.39, 0.29) is 11.7 Å². The van der Waals surface area contributed by atoms with Gasteiger partial charge in [0.05, 0.1) is 34.0 Å². The molecule has 0 aliphatic carbocycles. The minimum Gasteiger partial charge on any atom is -0.493 e. The normalized spacial score (nSPS) is 11.4. The molecule has 1 N–H and O–H groups in total. The summed E-state index contributed by atoms with van der Waals surface area (Å²) in [6, 6.07) is 8.24. The summed E-state index contributed by atoms with van der Waals surface area (Å²) >= 11 is 0. The zero-order valence-corrected chi connectivity index (χ0v) is 16.1. The van der Waals surface area contributed by atoms with E-state index in [1.54, 1.807) is 27.4 Å². The molecule has 2 aromatic rings. The van der Waals surface area contributed by atoms with Gasteiger partial charge in [0, 0.05) is 6.42 Å². The molecule has 0 aromatic heterocycles. The van der Waals surface area contributed by atoms with Gasteiger partial charge in [-0.05, 0) is 42.8 Å². The second-order valence-electron chi connectivity index (χ2n) is 5.84. The van der Waals surface area contributed by atoms with Crippen molar-refractivity contribution in [2.75, 3.05) is 28.4 Å². The first kappa shape index (κ1) is 20.2. The van der Waals surface area contributed by atoms with Gasteiger partial charge in [-0.3, -0.25) is 0 Å². The van der Waals surface area contributed by atoms with Crippen molar-refractivity contribution in [2.24, 2.45) is 0 Å². The number of aromatic carboxylic acids is 1. The lowest BCUT2D eigenvalue weighted by Crippen LogP contribution is -2.16. The molecule has 0 aliphatic rings. The summed E-state index contributed by atoms with van der Waals surface area (Å²) in [5.41, 5.74) is 1.08. The number of hydrogen-bond acceptors (Lipinski definition) is 6. The maximum Gasteiger partial charge on any atom is 0.335 e. The second kappa shape index (κ2) is 9.02. The minimum absolute atomic E-state index is 0.136. The van der Waals surface area contributed by atoms with Gasteiger partial charge in [-0.1, -0.05) is 0 Å². The van der Waals surface area contributed by atoms with Gasteiger partial charge < -0.3 is 28.8 Å². The Kier molecular flexibility index (Phi) is 6.76. The van der Waals surface area contributed by atoms with Crippen LogP contribution < -0.4 is 23.7 Å². The Balaban J connectivity index is 2.21. The van der Waals surface area contributed by atoms with E-state index >= 15 is 0 Å². The predicted molar refractivity (Wildman–Crippen MR) is 99.8 cm³/mol. The van der Waals surface area contributed by atoms with Crippen LogP contribution >= 0.6 is 0 Å². The van der Waals surface area contributed by atoms with E-state index in [0.29, 0.717) is 35.2 Å². The van der Waals surface area contributed by atoms with Crippen molar-refractivity contribution in [1.29, 1.82) is 0 Å². The van der Waals surface area contributed by atoms with Crippen molar-refractivity contribution in [3.8, 4) is 28.7 Å². The van der Waals surface area contributed by atoms with Crippen LogP contribution in [-0.4, -0.2) is 45.6 Å². The van der Waals surface area contributed by atoms with Crippen LogP contribution in [0.1, 0.15) is 22.8 Å². The van der Waals surface area contributed by atoms with Gasteiger partial charge in [0.25, 0.3) is 0 Å². The first-order chi connectivity index (χ1) is 12.9. The molecule has 0 radical (unpaired) electrons. The van der Waals surface area contributed by atoms with Gasteiger partial charge in [0.2, 0.25) is 5.75 Å². The lowest BCUT2D eigenvalue weighted by Gasteiger charge is -2.19. The summed E-state index contributed by atoms with van der Waals surface area (Å²) < 4.78 is 27.3. The Morgan fingerprint density at radius 2 is 1.48 bits per heavy atom. The van der Waals surface area contributed by atoms with E-state index in [9.17, 15) is 4.79 Å². The average Bonchev–Trinajstić information content (AvgIpc) is 2.66. The minimum atomic E-state index is -1.02. The number of ether oxygens (including phenoxy) is 5. The van der Waals surface area contributed by atoms with Gasteiger partial charge in [-0.25, -0.2) is 4.79 Å². The number of carboxylic acids is 1. The Morgan fingerprint density at radius 3 is 1.96 bits per heavy atom. The molecule has 0 heterocycles. The van der Waals surface area contributed by atoms with Crippen LogP contribution in [0.15, 0.2) is 30.3 Å². The Bertz CT molecular complexity index is 776. The summed E-state index contributed by atoms with van der Waals surface area (Å²) in [6.07, 6.45) is 0.359. The standard InChI is InChI=1S/C20H24O7/c1-12(27-15-7-6-14(20(21)22)11-16(15)23-2)8-13-9-17(24-3)19(26-5)18(10-13)25-4/h6-7,9-12H,8H2,1-5H3,(H,21,22). The molecule has 146 valence electrons. The van der Waals surface area contributed by atoms with Crippen molar-refractivity contribution in [2.45, 2.75) is 19.4 Å². The SMILES string of the molecule is COc1cc(C(=O)O)ccc1OC(C)Cc1cc(OC)c(OC)c(OC)c1. The molecular weight excluding hydrogens is 352 g/mol. The highest BCUT2D eigenvalue weighted by atomic mass is 16.5. The number of carbonyl (C=O) groups is 1. The van der Waals surface area contributed by atoms with Crippen molar-refractivity contribution in [3.05, 3.63) is 41.5 Å². The molecule has 0 bridgehead atoms. The predicted octanol–water partition coefficient (Wildman–Crippen LogP) is 3.43. The van der Waals surface area contributed by atoms with Gasteiger partial charge in [-0.2, -0.15) is 0 Å². The Morgan fingerprint density at radius 1 is 0.889 bits per heavy atom. The first-order valence-corrected chi connectivity index (χ1v) is 8.30. The van der Waals surface area contributed by atoms with Crippen LogP contribution in [-0.2, 0) is 6.42 Å². The lowest BCUT2D eigenvalue weighted by atomic mass is 10.1. The average molecular weight is 376 g/mol.